The molecule has 0 aromatic rings. The fourth-order valence-corrected chi connectivity index (χ4v) is 2.91. The standard InChI is InChI=1S/C12H23N/c1-8(2)10-7-12(5-6-12)13-11(10)9(3)4/h8-11,13H,5-7H2,1-4H3. The van der Waals surface area contributed by atoms with Gasteiger partial charge in [-0.3, -0.25) is 0 Å². The third kappa shape index (κ3) is 1.63. The Labute approximate surface area is 82.3 Å². The zero-order chi connectivity index (χ0) is 9.64. The van der Waals surface area contributed by atoms with E-state index >= 15 is 0 Å². The van der Waals surface area contributed by atoms with Crippen molar-refractivity contribution in [1.29, 1.82) is 0 Å². The van der Waals surface area contributed by atoms with Crippen LogP contribution in [0.1, 0.15) is 47.0 Å². The molecule has 76 valence electrons. The summed E-state index contributed by atoms with van der Waals surface area (Å²) in [5.41, 5.74) is 0.601. The Morgan fingerprint density at radius 1 is 1.08 bits per heavy atom. The quantitative estimate of drug-likeness (QED) is 0.690. The zero-order valence-corrected chi connectivity index (χ0v) is 9.43. The van der Waals surface area contributed by atoms with Crippen molar-refractivity contribution in [3.63, 3.8) is 0 Å². The summed E-state index contributed by atoms with van der Waals surface area (Å²) in [6.45, 7) is 9.47. The summed E-state index contributed by atoms with van der Waals surface area (Å²) in [6, 6.07) is 0.780. The molecular formula is C12H23N. The highest BCUT2D eigenvalue weighted by molar-refractivity contribution is 5.12. The summed E-state index contributed by atoms with van der Waals surface area (Å²) in [6.07, 6.45) is 4.30. The fraction of sp³-hybridized carbons (Fsp3) is 1.00. The van der Waals surface area contributed by atoms with E-state index in [-0.39, 0.29) is 0 Å². The SMILES string of the molecule is CC(C)C1CC2(CC2)NC1C(C)C. The van der Waals surface area contributed by atoms with Crippen LogP contribution in [0, 0.1) is 17.8 Å². The zero-order valence-electron chi connectivity index (χ0n) is 9.43. The van der Waals surface area contributed by atoms with Crippen molar-refractivity contribution in [3.8, 4) is 0 Å². The van der Waals surface area contributed by atoms with E-state index in [1.54, 1.807) is 0 Å². The third-order valence-electron chi connectivity index (χ3n) is 3.99. The molecule has 13 heavy (non-hydrogen) atoms. The Hall–Kier alpha value is -0.0400. The normalized spacial score (nSPS) is 36.5. The van der Waals surface area contributed by atoms with Crippen LogP contribution in [0.3, 0.4) is 0 Å². The van der Waals surface area contributed by atoms with Gasteiger partial charge in [-0.1, -0.05) is 27.7 Å². The van der Waals surface area contributed by atoms with Crippen LogP contribution in [-0.2, 0) is 0 Å². The second-order valence-corrected chi connectivity index (χ2v) is 5.81. The Balaban J connectivity index is 2.07. The minimum absolute atomic E-state index is 0.601. The van der Waals surface area contributed by atoms with Gasteiger partial charge in [-0.15, -0.1) is 0 Å². The van der Waals surface area contributed by atoms with E-state index in [2.05, 4.69) is 33.0 Å². The fourth-order valence-electron chi connectivity index (χ4n) is 2.91. The van der Waals surface area contributed by atoms with Gasteiger partial charge < -0.3 is 5.32 Å². The van der Waals surface area contributed by atoms with Crippen molar-refractivity contribution in [2.45, 2.75) is 58.5 Å². The summed E-state index contributed by atoms with van der Waals surface area (Å²) >= 11 is 0. The van der Waals surface area contributed by atoms with Gasteiger partial charge in [-0.25, -0.2) is 0 Å². The molecular weight excluding hydrogens is 158 g/mol. The van der Waals surface area contributed by atoms with Gasteiger partial charge in [-0.2, -0.15) is 0 Å². The first-order chi connectivity index (χ1) is 6.04. The number of hydrogen-bond donors (Lipinski definition) is 1. The van der Waals surface area contributed by atoms with E-state index in [9.17, 15) is 0 Å². The van der Waals surface area contributed by atoms with Crippen LogP contribution in [-0.4, -0.2) is 11.6 Å². The molecule has 2 unspecified atom stereocenters. The summed E-state index contributed by atoms with van der Waals surface area (Å²) in [5, 5.41) is 3.87. The second kappa shape index (κ2) is 2.98. The van der Waals surface area contributed by atoms with Gasteiger partial charge in [0.2, 0.25) is 0 Å². The van der Waals surface area contributed by atoms with Crippen LogP contribution in [0.25, 0.3) is 0 Å². The van der Waals surface area contributed by atoms with Crippen molar-refractivity contribution >= 4 is 0 Å². The maximum Gasteiger partial charge on any atom is 0.0189 e. The molecule has 0 amide bonds. The molecule has 1 N–H and O–H groups in total. The van der Waals surface area contributed by atoms with Gasteiger partial charge in [0.1, 0.15) is 0 Å². The van der Waals surface area contributed by atoms with Crippen molar-refractivity contribution in [2.75, 3.05) is 0 Å². The molecule has 1 aliphatic heterocycles. The lowest BCUT2D eigenvalue weighted by atomic mass is 9.83. The Morgan fingerprint density at radius 2 is 1.69 bits per heavy atom. The highest BCUT2D eigenvalue weighted by Crippen LogP contribution is 2.49. The molecule has 2 aliphatic rings. The van der Waals surface area contributed by atoms with E-state index in [0.717, 1.165) is 23.8 Å². The first kappa shape index (κ1) is 9.51. The van der Waals surface area contributed by atoms with Crippen LogP contribution < -0.4 is 5.32 Å². The molecule has 1 spiro atoms. The Kier molecular flexibility index (Phi) is 2.18. The highest BCUT2D eigenvalue weighted by atomic mass is 15.1. The largest absolute Gasteiger partial charge is 0.308 e. The molecule has 0 bridgehead atoms. The molecule has 2 rings (SSSR count). The molecule has 1 aliphatic carbocycles. The van der Waals surface area contributed by atoms with E-state index in [1.165, 1.54) is 19.3 Å². The predicted octanol–water partition coefficient (Wildman–Crippen LogP) is 2.81. The molecule has 0 radical (unpaired) electrons. The third-order valence-corrected chi connectivity index (χ3v) is 3.99. The Bertz CT molecular complexity index is 173. The van der Waals surface area contributed by atoms with Gasteiger partial charge in [0, 0.05) is 11.6 Å². The molecule has 0 aromatic heterocycles. The minimum atomic E-state index is 0.601. The van der Waals surface area contributed by atoms with Gasteiger partial charge in [0.25, 0.3) is 0 Å². The number of rotatable bonds is 2. The van der Waals surface area contributed by atoms with Crippen LogP contribution in [0.5, 0.6) is 0 Å². The summed E-state index contributed by atoms with van der Waals surface area (Å²) in [7, 11) is 0. The minimum Gasteiger partial charge on any atom is -0.308 e. The number of nitrogens with one attached hydrogen (secondary N) is 1. The van der Waals surface area contributed by atoms with E-state index in [1.807, 2.05) is 0 Å². The average Bonchev–Trinajstić information content (AvgIpc) is 2.60. The first-order valence-electron chi connectivity index (χ1n) is 5.82. The van der Waals surface area contributed by atoms with E-state index < -0.39 is 0 Å². The molecule has 0 aromatic carbocycles. The van der Waals surface area contributed by atoms with Crippen LogP contribution in [0.15, 0.2) is 0 Å². The lowest BCUT2D eigenvalue weighted by molar-refractivity contribution is 0.285. The van der Waals surface area contributed by atoms with E-state index in [4.69, 9.17) is 0 Å². The Morgan fingerprint density at radius 3 is 2.00 bits per heavy atom. The summed E-state index contributed by atoms with van der Waals surface area (Å²) in [5.74, 6) is 2.56. The molecule has 1 saturated carbocycles. The monoisotopic (exact) mass is 181 g/mol. The van der Waals surface area contributed by atoms with Gasteiger partial charge in [0.05, 0.1) is 0 Å². The highest BCUT2D eigenvalue weighted by Gasteiger charge is 2.53. The van der Waals surface area contributed by atoms with Crippen LogP contribution in [0.4, 0.5) is 0 Å². The molecule has 1 heterocycles. The number of hydrogen-bond acceptors (Lipinski definition) is 1. The van der Waals surface area contributed by atoms with Gasteiger partial charge >= 0.3 is 0 Å². The summed E-state index contributed by atoms with van der Waals surface area (Å²) in [4.78, 5) is 0. The lowest BCUT2D eigenvalue weighted by Crippen LogP contribution is -2.37. The van der Waals surface area contributed by atoms with Crippen molar-refractivity contribution in [3.05, 3.63) is 0 Å². The topological polar surface area (TPSA) is 12.0 Å². The molecule has 2 atom stereocenters. The predicted molar refractivity (Wildman–Crippen MR) is 56.7 cm³/mol. The molecule has 1 heteroatoms. The van der Waals surface area contributed by atoms with Crippen LogP contribution in [0.2, 0.25) is 0 Å². The lowest BCUT2D eigenvalue weighted by Gasteiger charge is -2.25. The second-order valence-electron chi connectivity index (χ2n) is 5.81. The average molecular weight is 181 g/mol. The first-order valence-corrected chi connectivity index (χ1v) is 5.82. The molecule has 2 fully saturated rings. The molecule has 1 saturated heterocycles. The van der Waals surface area contributed by atoms with Crippen molar-refractivity contribution in [2.24, 2.45) is 17.8 Å². The van der Waals surface area contributed by atoms with Crippen LogP contribution >= 0.6 is 0 Å². The summed E-state index contributed by atoms with van der Waals surface area (Å²) < 4.78 is 0. The van der Waals surface area contributed by atoms with Crippen molar-refractivity contribution < 1.29 is 0 Å². The molecule has 1 nitrogen and oxygen atoms in total. The van der Waals surface area contributed by atoms with Gasteiger partial charge in [0.15, 0.2) is 0 Å². The van der Waals surface area contributed by atoms with E-state index in [0.29, 0.717) is 5.54 Å². The van der Waals surface area contributed by atoms with Crippen molar-refractivity contribution in [1.82, 2.24) is 5.32 Å². The van der Waals surface area contributed by atoms with Gasteiger partial charge in [-0.05, 0) is 37.0 Å². The maximum absolute atomic E-state index is 3.87. The maximum atomic E-state index is 3.87. The smallest absolute Gasteiger partial charge is 0.0189 e.